The summed E-state index contributed by atoms with van der Waals surface area (Å²) in [5, 5.41) is 9.94. The number of aromatic carboxylic acids is 1. The fourth-order valence-electron chi connectivity index (χ4n) is 1.45. The zero-order valence-corrected chi connectivity index (χ0v) is 9.62. The van der Waals surface area contributed by atoms with Crippen molar-refractivity contribution in [3.8, 4) is 10.4 Å². The van der Waals surface area contributed by atoms with Gasteiger partial charge >= 0.3 is 5.97 Å². The second-order valence-electron chi connectivity index (χ2n) is 3.31. The number of carboxylic acids is 1. The van der Waals surface area contributed by atoms with Gasteiger partial charge in [0.15, 0.2) is 5.69 Å². The fourth-order valence-corrected chi connectivity index (χ4v) is 2.45. The molecule has 0 saturated heterocycles. The van der Waals surface area contributed by atoms with Crippen LogP contribution in [-0.4, -0.2) is 16.1 Å². The zero-order valence-electron chi connectivity index (χ0n) is 8.80. The highest BCUT2D eigenvalue weighted by Gasteiger charge is 2.17. The third-order valence-corrected chi connectivity index (χ3v) is 3.46. The molecule has 0 amide bonds. The minimum absolute atomic E-state index is 0.160. The molecule has 2 rings (SSSR count). The molecule has 4 heteroatoms. The van der Waals surface area contributed by atoms with E-state index in [4.69, 9.17) is 5.11 Å². The van der Waals surface area contributed by atoms with Crippen LogP contribution in [0.25, 0.3) is 10.4 Å². The van der Waals surface area contributed by atoms with Crippen molar-refractivity contribution in [2.45, 2.75) is 13.3 Å². The smallest absolute Gasteiger partial charge is 0.356 e. The molecule has 0 fully saturated rings. The monoisotopic (exact) mass is 233 g/mol. The lowest BCUT2D eigenvalue weighted by Crippen LogP contribution is -1.98. The van der Waals surface area contributed by atoms with Crippen molar-refractivity contribution in [2.24, 2.45) is 0 Å². The Hall–Kier alpha value is -1.68. The summed E-state index contributed by atoms with van der Waals surface area (Å²) in [7, 11) is 0. The molecule has 2 aromatic rings. The van der Waals surface area contributed by atoms with E-state index in [-0.39, 0.29) is 5.69 Å². The topological polar surface area (TPSA) is 50.2 Å². The molecule has 0 aliphatic carbocycles. The maximum Gasteiger partial charge on any atom is 0.356 e. The summed E-state index contributed by atoms with van der Waals surface area (Å²) in [5.41, 5.74) is 1.07. The number of aryl methyl sites for hydroxylation is 1. The van der Waals surface area contributed by atoms with Gasteiger partial charge in [-0.1, -0.05) is 37.3 Å². The number of hydrogen-bond acceptors (Lipinski definition) is 3. The number of thiazole rings is 1. The maximum absolute atomic E-state index is 11.1. The number of nitrogens with zero attached hydrogens (tertiary/aromatic N) is 1. The normalized spacial score (nSPS) is 10.3. The molecule has 1 aromatic carbocycles. The first-order chi connectivity index (χ1) is 7.72. The molecular formula is C12H11NO2S. The summed E-state index contributed by atoms with van der Waals surface area (Å²) in [6.07, 6.45) is 0.762. The second-order valence-corrected chi connectivity index (χ2v) is 4.39. The minimum Gasteiger partial charge on any atom is -0.476 e. The summed E-state index contributed by atoms with van der Waals surface area (Å²) in [6.45, 7) is 1.97. The van der Waals surface area contributed by atoms with Crippen LogP contribution in [0, 0.1) is 0 Å². The van der Waals surface area contributed by atoms with E-state index in [1.165, 1.54) is 11.3 Å². The number of hydrogen-bond donors (Lipinski definition) is 1. The summed E-state index contributed by atoms with van der Waals surface area (Å²) in [6, 6.07) is 9.50. The van der Waals surface area contributed by atoms with E-state index in [0.29, 0.717) is 0 Å². The number of aromatic nitrogens is 1. The molecule has 0 saturated carbocycles. The standard InChI is InChI=1S/C12H11NO2S/c1-2-9-13-10(12(14)15)11(16-9)8-6-4-3-5-7-8/h3-7H,2H2,1H3,(H,14,15). The molecule has 0 aliphatic rings. The van der Waals surface area contributed by atoms with E-state index in [0.717, 1.165) is 21.9 Å². The predicted octanol–water partition coefficient (Wildman–Crippen LogP) is 3.07. The van der Waals surface area contributed by atoms with Crippen LogP contribution in [0.2, 0.25) is 0 Å². The summed E-state index contributed by atoms with van der Waals surface area (Å²) < 4.78 is 0. The molecule has 3 nitrogen and oxygen atoms in total. The molecule has 1 aromatic heterocycles. The van der Waals surface area contributed by atoms with Crippen LogP contribution in [0.3, 0.4) is 0 Å². The minimum atomic E-state index is -0.963. The molecule has 1 heterocycles. The molecule has 1 N–H and O–H groups in total. The lowest BCUT2D eigenvalue weighted by molar-refractivity contribution is 0.0692. The van der Waals surface area contributed by atoms with Gasteiger partial charge < -0.3 is 5.11 Å². The molecule has 0 atom stereocenters. The van der Waals surface area contributed by atoms with E-state index in [9.17, 15) is 4.79 Å². The first-order valence-electron chi connectivity index (χ1n) is 5.00. The zero-order chi connectivity index (χ0) is 11.5. The number of carbonyl (C=O) groups is 1. The van der Waals surface area contributed by atoms with Crippen molar-refractivity contribution in [3.63, 3.8) is 0 Å². The SMILES string of the molecule is CCc1nc(C(=O)O)c(-c2ccccc2)s1. The van der Waals surface area contributed by atoms with Gasteiger partial charge in [-0.15, -0.1) is 11.3 Å². The van der Waals surface area contributed by atoms with Gasteiger partial charge in [0.05, 0.1) is 9.88 Å². The summed E-state index contributed by atoms with van der Waals surface area (Å²) in [4.78, 5) is 15.9. The van der Waals surface area contributed by atoms with Gasteiger partial charge in [0.25, 0.3) is 0 Å². The van der Waals surface area contributed by atoms with Crippen molar-refractivity contribution in [1.29, 1.82) is 0 Å². The van der Waals surface area contributed by atoms with Crippen LogP contribution >= 0.6 is 11.3 Å². The number of rotatable bonds is 3. The molecule has 0 radical (unpaired) electrons. The van der Waals surface area contributed by atoms with Crippen molar-refractivity contribution < 1.29 is 9.90 Å². The van der Waals surface area contributed by atoms with E-state index in [2.05, 4.69) is 4.98 Å². The lowest BCUT2D eigenvalue weighted by Gasteiger charge is -1.97. The predicted molar refractivity (Wildman–Crippen MR) is 63.9 cm³/mol. The Bertz CT molecular complexity index is 505. The average Bonchev–Trinajstić information content (AvgIpc) is 2.74. The molecule has 16 heavy (non-hydrogen) atoms. The maximum atomic E-state index is 11.1. The molecule has 0 bridgehead atoms. The Morgan fingerprint density at radius 3 is 2.62 bits per heavy atom. The van der Waals surface area contributed by atoms with Crippen molar-refractivity contribution in [2.75, 3.05) is 0 Å². The van der Waals surface area contributed by atoms with Gasteiger partial charge in [-0.25, -0.2) is 9.78 Å². The molecule has 0 aliphatic heterocycles. The molecule has 82 valence electrons. The van der Waals surface area contributed by atoms with E-state index >= 15 is 0 Å². The highest BCUT2D eigenvalue weighted by Crippen LogP contribution is 2.30. The first kappa shape index (κ1) is 10.8. The van der Waals surface area contributed by atoms with Crippen LogP contribution in [0.5, 0.6) is 0 Å². The van der Waals surface area contributed by atoms with E-state index in [1.807, 2.05) is 37.3 Å². The third kappa shape index (κ3) is 1.97. The highest BCUT2D eigenvalue weighted by atomic mass is 32.1. The van der Waals surface area contributed by atoms with E-state index < -0.39 is 5.97 Å². The Morgan fingerprint density at radius 1 is 1.38 bits per heavy atom. The van der Waals surface area contributed by atoms with Crippen LogP contribution < -0.4 is 0 Å². The van der Waals surface area contributed by atoms with Crippen molar-refractivity contribution >= 4 is 17.3 Å². The van der Waals surface area contributed by atoms with Crippen molar-refractivity contribution in [1.82, 2.24) is 4.98 Å². The summed E-state index contributed by atoms with van der Waals surface area (Å²) >= 11 is 1.45. The number of carboxylic acid groups (broad SMARTS) is 1. The van der Waals surface area contributed by atoms with Crippen molar-refractivity contribution in [3.05, 3.63) is 41.0 Å². The third-order valence-electron chi connectivity index (χ3n) is 2.21. The van der Waals surface area contributed by atoms with Gasteiger partial charge in [-0.2, -0.15) is 0 Å². The van der Waals surface area contributed by atoms with Gasteiger partial charge in [0.1, 0.15) is 0 Å². The van der Waals surface area contributed by atoms with Crippen LogP contribution in [-0.2, 0) is 6.42 Å². The van der Waals surface area contributed by atoms with Gasteiger partial charge in [0.2, 0.25) is 0 Å². The van der Waals surface area contributed by atoms with Crippen LogP contribution in [0.1, 0.15) is 22.4 Å². The Balaban J connectivity index is 2.55. The molecule has 0 unspecified atom stereocenters. The van der Waals surface area contributed by atoms with Gasteiger partial charge in [-0.3, -0.25) is 0 Å². The van der Waals surface area contributed by atoms with E-state index in [1.54, 1.807) is 0 Å². The quantitative estimate of drug-likeness (QED) is 0.886. The van der Waals surface area contributed by atoms with Crippen LogP contribution in [0.4, 0.5) is 0 Å². The first-order valence-corrected chi connectivity index (χ1v) is 5.82. The highest BCUT2D eigenvalue weighted by molar-refractivity contribution is 7.15. The Labute approximate surface area is 97.4 Å². The summed E-state index contributed by atoms with van der Waals surface area (Å²) in [5.74, 6) is -0.963. The van der Waals surface area contributed by atoms with Crippen LogP contribution in [0.15, 0.2) is 30.3 Å². The largest absolute Gasteiger partial charge is 0.476 e. The Kier molecular flexibility index (Phi) is 3.01. The fraction of sp³-hybridized carbons (Fsp3) is 0.167. The lowest BCUT2D eigenvalue weighted by atomic mass is 10.1. The van der Waals surface area contributed by atoms with Gasteiger partial charge in [0, 0.05) is 0 Å². The van der Waals surface area contributed by atoms with Gasteiger partial charge in [-0.05, 0) is 12.0 Å². The second kappa shape index (κ2) is 4.45. The number of benzene rings is 1. The molecular weight excluding hydrogens is 222 g/mol. The Morgan fingerprint density at radius 2 is 2.06 bits per heavy atom. The molecule has 0 spiro atoms. The average molecular weight is 233 g/mol.